The Morgan fingerprint density at radius 3 is 2.79 bits per heavy atom. The van der Waals surface area contributed by atoms with Crippen LogP contribution in [0.3, 0.4) is 0 Å². The number of amides is 1. The average Bonchev–Trinajstić information content (AvgIpc) is 3.24. The number of ether oxygens (including phenoxy) is 1. The zero-order valence-electron chi connectivity index (χ0n) is 18.4. The van der Waals surface area contributed by atoms with Crippen molar-refractivity contribution in [2.45, 2.75) is 20.0 Å². The fourth-order valence-electron chi connectivity index (χ4n) is 3.83. The first kappa shape index (κ1) is 22.9. The number of aromatic nitrogens is 4. The van der Waals surface area contributed by atoms with E-state index in [0.717, 1.165) is 48.5 Å². The SMILES string of the molecule is CCOC(=O)CNC(=O)Cn1cc(CN2CCN(c3ccnc4cc(Cl)ccc34)CC2)nn1. The lowest BCUT2D eigenvalue weighted by atomic mass is 10.1. The maximum atomic E-state index is 12.0. The number of hydrogen-bond acceptors (Lipinski definition) is 8. The first-order valence-corrected chi connectivity index (χ1v) is 11.2. The Bertz CT molecular complexity index is 1130. The maximum Gasteiger partial charge on any atom is 0.325 e. The first-order chi connectivity index (χ1) is 16.0. The molecule has 0 bridgehead atoms. The van der Waals surface area contributed by atoms with E-state index in [1.165, 1.54) is 4.68 Å². The Balaban J connectivity index is 1.27. The van der Waals surface area contributed by atoms with Crippen LogP contribution in [-0.2, 0) is 27.4 Å². The van der Waals surface area contributed by atoms with Gasteiger partial charge in [-0.15, -0.1) is 5.10 Å². The van der Waals surface area contributed by atoms with Crippen molar-refractivity contribution in [2.75, 3.05) is 44.2 Å². The third-order valence-electron chi connectivity index (χ3n) is 5.41. The van der Waals surface area contributed by atoms with Gasteiger partial charge in [-0.3, -0.25) is 19.5 Å². The number of hydrogen-bond donors (Lipinski definition) is 1. The van der Waals surface area contributed by atoms with Crippen LogP contribution in [0.25, 0.3) is 10.9 Å². The van der Waals surface area contributed by atoms with Gasteiger partial charge in [0, 0.05) is 55.0 Å². The van der Waals surface area contributed by atoms with Crippen molar-refractivity contribution in [3.8, 4) is 0 Å². The van der Waals surface area contributed by atoms with Crippen LogP contribution in [0.4, 0.5) is 5.69 Å². The van der Waals surface area contributed by atoms with Crippen molar-refractivity contribution < 1.29 is 14.3 Å². The molecule has 10 nitrogen and oxygen atoms in total. The van der Waals surface area contributed by atoms with Crippen LogP contribution in [0.15, 0.2) is 36.7 Å². The molecule has 0 radical (unpaired) electrons. The van der Waals surface area contributed by atoms with Crippen molar-refractivity contribution in [2.24, 2.45) is 0 Å². The lowest BCUT2D eigenvalue weighted by Gasteiger charge is -2.36. The molecule has 2 aromatic heterocycles. The summed E-state index contributed by atoms with van der Waals surface area (Å²) in [6.45, 7) is 6.02. The van der Waals surface area contributed by atoms with Gasteiger partial charge in [0.25, 0.3) is 0 Å². The van der Waals surface area contributed by atoms with E-state index in [4.69, 9.17) is 16.3 Å². The molecule has 1 fully saturated rings. The van der Waals surface area contributed by atoms with Crippen molar-refractivity contribution in [3.63, 3.8) is 0 Å². The van der Waals surface area contributed by atoms with Gasteiger partial charge in [-0.25, -0.2) is 4.68 Å². The summed E-state index contributed by atoms with van der Waals surface area (Å²) >= 11 is 6.11. The molecule has 1 N–H and O–H groups in total. The second-order valence-corrected chi connectivity index (χ2v) is 8.18. The number of benzene rings is 1. The number of carbonyl (C=O) groups is 2. The normalized spacial score (nSPS) is 14.4. The minimum absolute atomic E-state index is 0.000678. The molecule has 174 valence electrons. The van der Waals surface area contributed by atoms with Gasteiger partial charge >= 0.3 is 5.97 Å². The topological polar surface area (TPSA) is 105 Å². The predicted molar refractivity (Wildman–Crippen MR) is 124 cm³/mol. The predicted octanol–water partition coefficient (Wildman–Crippen LogP) is 1.48. The molecule has 1 saturated heterocycles. The Morgan fingerprint density at radius 1 is 1.18 bits per heavy atom. The molecule has 3 aromatic rings. The number of fused-ring (bicyclic) bond motifs is 1. The number of piperazine rings is 1. The quantitative estimate of drug-likeness (QED) is 0.492. The fraction of sp³-hybridized carbons (Fsp3) is 0.409. The smallest absolute Gasteiger partial charge is 0.325 e. The Labute approximate surface area is 196 Å². The third-order valence-corrected chi connectivity index (χ3v) is 5.64. The average molecular weight is 472 g/mol. The molecule has 3 heterocycles. The van der Waals surface area contributed by atoms with E-state index < -0.39 is 5.97 Å². The van der Waals surface area contributed by atoms with Crippen LogP contribution in [0.2, 0.25) is 5.02 Å². The highest BCUT2D eigenvalue weighted by Crippen LogP contribution is 2.28. The van der Waals surface area contributed by atoms with Crippen molar-refractivity contribution in [1.29, 1.82) is 0 Å². The number of pyridine rings is 1. The Hall–Kier alpha value is -3.24. The molecule has 0 saturated carbocycles. The van der Waals surface area contributed by atoms with Gasteiger partial charge in [0.15, 0.2) is 0 Å². The molecule has 11 heteroatoms. The lowest BCUT2D eigenvalue weighted by Crippen LogP contribution is -2.46. The van der Waals surface area contributed by atoms with Gasteiger partial charge < -0.3 is 15.0 Å². The first-order valence-electron chi connectivity index (χ1n) is 10.8. The van der Waals surface area contributed by atoms with Crippen LogP contribution in [0.1, 0.15) is 12.6 Å². The van der Waals surface area contributed by atoms with E-state index in [9.17, 15) is 9.59 Å². The molecule has 0 spiro atoms. The van der Waals surface area contributed by atoms with E-state index in [2.05, 4.69) is 30.4 Å². The summed E-state index contributed by atoms with van der Waals surface area (Å²) in [5, 5.41) is 12.5. The molecule has 0 atom stereocenters. The van der Waals surface area contributed by atoms with E-state index >= 15 is 0 Å². The summed E-state index contributed by atoms with van der Waals surface area (Å²) in [4.78, 5) is 32.4. The number of halogens is 1. The maximum absolute atomic E-state index is 12.0. The third kappa shape index (κ3) is 5.96. The Kier molecular flexibility index (Phi) is 7.36. The zero-order chi connectivity index (χ0) is 23.2. The summed E-state index contributed by atoms with van der Waals surface area (Å²) in [6.07, 6.45) is 3.58. The molecule has 4 rings (SSSR count). The van der Waals surface area contributed by atoms with Gasteiger partial charge in [0.05, 0.1) is 24.0 Å². The van der Waals surface area contributed by atoms with Crippen molar-refractivity contribution >= 4 is 40.1 Å². The van der Waals surface area contributed by atoms with E-state index in [-0.39, 0.29) is 25.6 Å². The summed E-state index contributed by atoms with van der Waals surface area (Å²) in [5.74, 6) is -0.785. The highest BCUT2D eigenvalue weighted by atomic mass is 35.5. The molecular weight excluding hydrogens is 446 g/mol. The van der Waals surface area contributed by atoms with Gasteiger partial charge in [-0.2, -0.15) is 0 Å². The van der Waals surface area contributed by atoms with Gasteiger partial charge in [0.2, 0.25) is 5.91 Å². The molecule has 1 aliphatic rings. The van der Waals surface area contributed by atoms with E-state index in [1.807, 2.05) is 30.5 Å². The minimum atomic E-state index is -0.465. The second-order valence-electron chi connectivity index (χ2n) is 7.74. The van der Waals surface area contributed by atoms with Crippen LogP contribution in [0.5, 0.6) is 0 Å². The standard InChI is InChI=1S/C22H26ClN7O3/c1-2-33-22(32)12-25-21(31)15-30-14-17(26-27-30)13-28-7-9-29(10-8-28)20-5-6-24-19-11-16(23)3-4-18(19)20/h3-6,11,14H,2,7-10,12-13,15H2,1H3,(H,25,31). The summed E-state index contributed by atoms with van der Waals surface area (Å²) in [5.41, 5.74) is 2.85. The van der Waals surface area contributed by atoms with Crippen LogP contribution < -0.4 is 10.2 Å². The molecule has 1 amide bonds. The Morgan fingerprint density at radius 2 is 2.00 bits per heavy atom. The molecule has 0 aliphatic carbocycles. The number of esters is 1. The van der Waals surface area contributed by atoms with Crippen molar-refractivity contribution in [1.82, 2.24) is 30.2 Å². The molecule has 33 heavy (non-hydrogen) atoms. The molecule has 1 aliphatic heterocycles. The zero-order valence-corrected chi connectivity index (χ0v) is 19.2. The lowest BCUT2D eigenvalue weighted by molar-refractivity contribution is -0.143. The number of anilines is 1. The summed E-state index contributed by atoms with van der Waals surface area (Å²) < 4.78 is 6.26. The molecular formula is C22H26ClN7O3. The van der Waals surface area contributed by atoms with Gasteiger partial charge in [0.1, 0.15) is 13.1 Å². The fourth-order valence-corrected chi connectivity index (χ4v) is 4.00. The number of nitrogens with zero attached hydrogens (tertiary/aromatic N) is 6. The summed E-state index contributed by atoms with van der Waals surface area (Å²) in [7, 11) is 0. The van der Waals surface area contributed by atoms with Crippen LogP contribution in [-0.4, -0.2) is 76.1 Å². The number of rotatable bonds is 8. The van der Waals surface area contributed by atoms with Crippen LogP contribution >= 0.6 is 11.6 Å². The van der Waals surface area contributed by atoms with Crippen molar-refractivity contribution in [3.05, 3.63) is 47.4 Å². The summed E-state index contributed by atoms with van der Waals surface area (Å²) in [6, 6.07) is 7.85. The largest absolute Gasteiger partial charge is 0.465 e. The number of carbonyl (C=O) groups excluding carboxylic acids is 2. The molecule has 1 aromatic carbocycles. The monoisotopic (exact) mass is 471 g/mol. The molecule has 0 unspecified atom stereocenters. The highest BCUT2D eigenvalue weighted by molar-refractivity contribution is 6.31. The number of nitrogens with one attached hydrogen (secondary N) is 1. The van der Waals surface area contributed by atoms with E-state index in [0.29, 0.717) is 11.6 Å². The minimum Gasteiger partial charge on any atom is -0.465 e. The van der Waals surface area contributed by atoms with Gasteiger partial charge in [-0.1, -0.05) is 16.8 Å². The second kappa shape index (κ2) is 10.6. The highest BCUT2D eigenvalue weighted by Gasteiger charge is 2.20. The van der Waals surface area contributed by atoms with E-state index in [1.54, 1.807) is 13.1 Å². The van der Waals surface area contributed by atoms with Crippen LogP contribution in [0, 0.1) is 0 Å². The van der Waals surface area contributed by atoms with Gasteiger partial charge in [-0.05, 0) is 31.2 Å².